The molecule has 140 valence electrons. The van der Waals surface area contributed by atoms with E-state index in [9.17, 15) is 4.79 Å². The summed E-state index contributed by atoms with van der Waals surface area (Å²) in [7, 11) is 1.72. The zero-order valence-electron chi connectivity index (χ0n) is 14.6. The molecule has 0 radical (unpaired) electrons. The molecule has 9 heteroatoms. The van der Waals surface area contributed by atoms with Gasteiger partial charge in [0.05, 0.1) is 10.0 Å². The molecule has 1 aromatic carbocycles. The maximum absolute atomic E-state index is 12.9. The normalized spacial score (nSPS) is 17.5. The van der Waals surface area contributed by atoms with Gasteiger partial charge in [0.1, 0.15) is 10.7 Å². The highest BCUT2D eigenvalue weighted by molar-refractivity contribution is 7.99. The quantitative estimate of drug-likeness (QED) is 0.801. The molecule has 0 bridgehead atoms. The van der Waals surface area contributed by atoms with Gasteiger partial charge in [0, 0.05) is 37.6 Å². The van der Waals surface area contributed by atoms with Gasteiger partial charge in [-0.25, -0.2) is 0 Å². The van der Waals surface area contributed by atoms with E-state index in [4.69, 9.17) is 28.9 Å². The highest BCUT2D eigenvalue weighted by Crippen LogP contribution is 2.37. The highest BCUT2D eigenvalue weighted by Gasteiger charge is 2.23. The predicted octanol–water partition coefficient (Wildman–Crippen LogP) is 3.01. The van der Waals surface area contributed by atoms with Gasteiger partial charge in [0.25, 0.3) is 5.56 Å². The average molecular weight is 414 g/mol. The van der Waals surface area contributed by atoms with E-state index in [1.54, 1.807) is 29.8 Å². The van der Waals surface area contributed by atoms with E-state index >= 15 is 0 Å². The molecule has 3 N–H and O–H groups in total. The number of hydrogen-bond donors (Lipinski definition) is 2. The van der Waals surface area contributed by atoms with Crippen molar-refractivity contribution in [1.82, 2.24) is 14.9 Å². The van der Waals surface area contributed by atoms with Crippen molar-refractivity contribution in [3.63, 3.8) is 0 Å². The summed E-state index contributed by atoms with van der Waals surface area (Å²) < 4.78 is 1.55. The van der Waals surface area contributed by atoms with E-state index in [1.807, 2.05) is 0 Å². The number of nitrogens with one attached hydrogen (secondary N) is 1. The molecule has 0 amide bonds. The lowest BCUT2D eigenvalue weighted by atomic mass is 10.2. The first kappa shape index (κ1) is 19.4. The Hall–Kier alpha value is -1.41. The molecule has 0 aliphatic carbocycles. The second kappa shape index (κ2) is 8.08. The van der Waals surface area contributed by atoms with Crippen LogP contribution in [0.25, 0.3) is 0 Å². The van der Waals surface area contributed by atoms with Gasteiger partial charge >= 0.3 is 0 Å². The van der Waals surface area contributed by atoms with Gasteiger partial charge in [-0.05, 0) is 18.6 Å². The average Bonchev–Trinajstić information content (AvgIpc) is 2.65. The summed E-state index contributed by atoms with van der Waals surface area (Å²) >= 11 is 13.5. The molecule has 1 saturated heterocycles. The lowest BCUT2D eigenvalue weighted by molar-refractivity contribution is 0.439. The van der Waals surface area contributed by atoms with Crippen LogP contribution in [0.4, 0.5) is 11.8 Å². The molecule has 0 unspecified atom stereocenters. The van der Waals surface area contributed by atoms with Crippen LogP contribution >= 0.6 is 35.0 Å². The van der Waals surface area contributed by atoms with E-state index in [0.29, 0.717) is 31.8 Å². The van der Waals surface area contributed by atoms with Gasteiger partial charge in [-0.3, -0.25) is 9.36 Å². The Kier molecular flexibility index (Phi) is 6.02. The number of nitrogens with zero attached hydrogens (tertiary/aromatic N) is 3. The third kappa shape index (κ3) is 3.81. The van der Waals surface area contributed by atoms with Crippen LogP contribution in [0.5, 0.6) is 0 Å². The smallest absolute Gasteiger partial charge is 0.270 e. The fourth-order valence-electron chi connectivity index (χ4n) is 2.92. The summed E-state index contributed by atoms with van der Waals surface area (Å²) in [5.74, 6) is 0.796. The molecule has 6 nitrogen and oxygen atoms in total. The van der Waals surface area contributed by atoms with Crippen LogP contribution in [-0.4, -0.2) is 35.2 Å². The lowest BCUT2D eigenvalue weighted by Crippen LogP contribution is -2.52. The minimum Gasteiger partial charge on any atom is -0.382 e. The van der Waals surface area contributed by atoms with Crippen molar-refractivity contribution < 1.29 is 0 Å². The Bertz CT molecular complexity index is 873. The molecule has 1 aromatic heterocycles. The van der Waals surface area contributed by atoms with Gasteiger partial charge in [0.2, 0.25) is 5.95 Å². The zero-order chi connectivity index (χ0) is 18.8. The zero-order valence-corrected chi connectivity index (χ0v) is 17.0. The fraction of sp³-hybridized carbons (Fsp3) is 0.412. The van der Waals surface area contributed by atoms with Crippen molar-refractivity contribution in [3.05, 3.63) is 38.6 Å². The summed E-state index contributed by atoms with van der Waals surface area (Å²) in [6, 6.07) is 5.66. The monoisotopic (exact) mass is 413 g/mol. The van der Waals surface area contributed by atoms with Crippen LogP contribution in [0.1, 0.15) is 13.3 Å². The molecule has 1 aliphatic rings. The summed E-state index contributed by atoms with van der Waals surface area (Å²) in [6.45, 7) is 4.56. The lowest BCUT2D eigenvalue weighted by Gasteiger charge is -2.34. The summed E-state index contributed by atoms with van der Waals surface area (Å²) in [5, 5.41) is 4.29. The van der Waals surface area contributed by atoms with Crippen LogP contribution in [0.3, 0.4) is 0 Å². The Balaban J connectivity index is 1.96. The van der Waals surface area contributed by atoms with Crippen molar-refractivity contribution in [2.75, 3.05) is 30.3 Å². The standard InChI is InChI=1S/C17H21Cl2N5OS/c1-3-10-9-24(8-7-21-10)17-22-15(20)14(16(25)23(17)2)26-12-6-4-5-11(18)13(12)19/h4-6,10,21H,3,7-9,20H2,1-2H3/t10-/m1/s1. The first-order valence-electron chi connectivity index (χ1n) is 8.39. The van der Waals surface area contributed by atoms with Gasteiger partial charge < -0.3 is 16.0 Å². The van der Waals surface area contributed by atoms with Crippen LogP contribution in [0.15, 0.2) is 32.8 Å². The highest BCUT2D eigenvalue weighted by atomic mass is 35.5. The molecule has 1 fully saturated rings. The van der Waals surface area contributed by atoms with Gasteiger partial charge in [-0.15, -0.1) is 0 Å². The topological polar surface area (TPSA) is 76.2 Å². The third-order valence-electron chi connectivity index (χ3n) is 4.41. The number of aromatic nitrogens is 2. The molecular weight excluding hydrogens is 393 g/mol. The molecule has 1 aliphatic heterocycles. The minimum atomic E-state index is -0.194. The van der Waals surface area contributed by atoms with Gasteiger partial charge in [0.15, 0.2) is 0 Å². The van der Waals surface area contributed by atoms with Crippen LogP contribution in [-0.2, 0) is 7.05 Å². The van der Waals surface area contributed by atoms with E-state index < -0.39 is 0 Å². The SMILES string of the molecule is CC[C@@H]1CN(c2nc(N)c(Sc3cccc(Cl)c3Cl)c(=O)n2C)CCN1. The van der Waals surface area contributed by atoms with Crippen molar-refractivity contribution >= 4 is 46.7 Å². The minimum absolute atomic E-state index is 0.194. The van der Waals surface area contributed by atoms with E-state index in [2.05, 4.69) is 22.1 Å². The Morgan fingerprint density at radius 2 is 2.19 bits per heavy atom. The van der Waals surface area contributed by atoms with Gasteiger partial charge in [-0.2, -0.15) is 4.98 Å². The Morgan fingerprint density at radius 3 is 2.92 bits per heavy atom. The number of rotatable bonds is 4. The van der Waals surface area contributed by atoms with Crippen LogP contribution in [0.2, 0.25) is 10.0 Å². The first-order valence-corrected chi connectivity index (χ1v) is 9.96. The number of benzene rings is 1. The molecule has 0 spiro atoms. The second-order valence-corrected chi connectivity index (χ2v) is 7.99. The largest absolute Gasteiger partial charge is 0.382 e. The number of piperazine rings is 1. The van der Waals surface area contributed by atoms with Crippen molar-refractivity contribution in [2.45, 2.75) is 29.2 Å². The van der Waals surface area contributed by atoms with Gasteiger partial charge in [-0.1, -0.05) is 48.0 Å². The molecule has 2 heterocycles. The summed E-state index contributed by atoms with van der Waals surface area (Å²) in [6.07, 6.45) is 1.02. The number of nitrogen functional groups attached to an aromatic ring is 1. The van der Waals surface area contributed by atoms with Crippen molar-refractivity contribution in [1.29, 1.82) is 0 Å². The summed E-state index contributed by atoms with van der Waals surface area (Å²) in [4.78, 5) is 20.5. The second-order valence-electron chi connectivity index (χ2n) is 6.15. The maximum atomic E-state index is 12.9. The van der Waals surface area contributed by atoms with E-state index in [-0.39, 0.29) is 11.4 Å². The molecule has 0 saturated carbocycles. The predicted molar refractivity (Wildman–Crippen MR) is 109 cm³/mol. The molecule has 26 heavy (non-hydrogen) atoms. The maximum Gasteiger partial charge on any atom is 0.270 e. The van der Waals surface area contributed by atoms with E-state index in [0.717, 1.165) is 26.1 Å². The molecular formula is C17H21Cl2N5OS. The molecule has 1 atom stereocenters. The van der Waals surface area contributed by atoms with Crippen molar-refractivity contribution in [3.8, 4) is 0 Å². The number of hydrogen-bond acceptors (Lipinski definition) is 6. The fourth-order valence-corrected chi connectivity index (χ4v) is 4.33. The van der Waals surface area contributed by atoms with Crippen molar-refractivity contribution in [2.24, 2.45) is 7.05 Å². The van der Waals surface area contributed by atoms with E-state index in [1.165, 1.54) is 11.8 Å². The summed E-state index contributed by atoms with van der Waals surface area (Å²) in [5.41, 5.74) is 5.94. The van der Waals surface area contributed by atoms with Crippen LogP contribution in [0, 0.1) is 0 Å². The Morgan fingerprint density at radius 1 is 1.42 bits per heavy atom. The van der Waals surface area contributed by atoms with Crippen LogP contribution < -0.4 is 21.5 Å². The number of halogens is 2. The third-order valence-corrected chi connectivity index (χ3v) is 6.49. The molecule has 3 rings (SSSR count). The first-order chi connectivity index (χ1) is 12.4. The number of anilines is 2. The Labute approximate surface area is 166 Å². The molecule has 2 aromatic rings. The number of nitrogens with two attached hydrogens (primary N) is 1.